The maximum atomic E-state index is 12.3. The Bertz CT molecular complexity index is 790. The summed E-state index contributed by atoms with van der Waals surface area (Å²) < 4.78 is 4.73. The molecule has 0 aliphatic rings. The van der Waals surface area contributed by atoms with Gasteiger partial charge < -0.3 is 15.0 Å². The Labute approximate surface area is 150 Å². The largest absolute Gasteiger partial charge is 0.465 e. The zero-order chi connectivity index (χ0) is 18.4. The maximum Gasteiger partial charge on any atom is 0.339 e. The summed E-state index contributed by atoms with van der Waals surface area (Å²) in [5.41, 5.74) is 1.08. The number of rotatable bonds is 5. The number of esters is 1. The molecule has 7 heteroatoms. The molecule has 2 rings (SSSR count). The molecule has 6 nitrogen and oxygen atoms in total. The molecule has 0 atom stereocenters. The van der Waals surface area contributed by atoms with E-state index in [-0.39, 0.29) is 18.0 Å². The van der Waals surface area contributed by atoms with Crippen LogP contribution in [0.4, 0.5) is 11.4 Å². The van der Waals surface area contributed by atoms with Crippen LogP contribution in [0, 0.1) is 0 Å². The summed E-state index contributed by atoms with van der Waals surface area (Å²) >= 11 is 5.81. The number of carbonyl (C=O) groups excluding carboxylic acids is 3. The number of anilines is 2. The number of nitrogens with one attached hydrogen (secondary N) is 1. The molecule has 2 aromatic rings. The number of para-hydroxylation sites is 1. The molecule has 1 N–H and O–H groups in total. The molecule has 25 heavy (non-hydrogen) atoms. The minimum absolute atomic E-state index is 0.208. The van der Waals surface area contributed by atoms with Gasteiger partial charge in [-0.1, -0.05) is 23.7 Å². The summed E-state index contributed by atoms with van der Waals surface area (Å²) in [6, 6.07) is 13.1. The van der Waals surface area contributed by atoms with E-state index in [0.717, 1.165) is 0 Å². The highest BCUT2D eigenvalue weighted by Gasteiger charge is 2.22. The summed E-state index contributed by atoms with van der Waals surface area (Å²) in [4.78, 5) is 37.4. The number of ether oxygens (including phenoxy) is 1. The van der Waals surface area contributed by atoms with Crippen LogP contribution in [0.25, 0.3) is 0 Å². The normalized spacial score (nSPS) is 10.0. The molecule has 130 valence electrons. The van der Waals surface area contributed by atoms with Gasteiger partial charge in [0.15, 0.2) is 0 Å². The second kappa shape index (κ2) is 8.30. The number of nitrogens with zero attached hydrogens (tertiary/aromatic N) is 1. The van der Waals surface area contributed by atoms with Crippen LogP contribution in [0.1, 0.15) is 17.3 Å². The molecule has 0 fully saturated rings. The van der Waals surface area contributed by atoms with Crippen LogP contribution in [0.3, 0.4) is 0 Å². The number of halogens is 1. The van der Waals surface area contributed by atoms with Gasteiger partial charge >= 0.3 is 5.97 Å². The van der Waals surface area contributed by atoms with Crippen LogP contribution in [0.2, 0.25) is 5.02 Å². The highest BCUT2D eigenvalue weighted by Crippen LogP contribution is 2.22. The first-order valence-corrected chi connectivity index (χ1v) is 7.81. The van der Waals surface area contributed by atoms with Gasteiger partial charge in [0.2, 0.25) is 11.8 Å². The van der Waals surface area contributed by atoms with E-state index in [9.17, 15) is 14.4 Å². The Kier molecular flexibility index (Phi) is 6.14. The van der Waals surface area contributed by atoms with E-state index in [1.807, 2.05) is 0 Å². The van der Waals surface area contributed by atoms with E-state index in [1.54, 1.807) is 42.5 Å². The molecule has 0 saturated carbocycles. The SMILES string of the molecule is COC(=O)c1ccccc1N(CC(=O)Nc1ccc(Cl)cc1)C(C)=O. The Morgan fingerprint density at radius 1 is 1.08 bits per heavy atom. The van der Waals surface area contributed by atoms with Crippen molar-refractivity contribution in [2.24, 2.45) is 0 Å². The smallest absolute Gasteiger partial charge is 0.339 e. The monoisotopic (exact) mass is 360 g/mol. The first kappa shape index (κ1) is 18.5. The molecule has 0 unspecified atom stereocenters. The lowest BCUT2D eigenvalue weighted by Crippen LogP contribution is -2.37. The van der Waals surface area contributed by atoms with Gasteiger partial charge in [-0.2, -0.15) is 0 Å². The quantitative estimate of drug-likeness (QED) is 0.831. The first-order valence-electron chi connectivity index (χ1n) is 7.43. The lowest BCUT2D eigenvalue weighted by atomic mass is 10.1. The van der Waals surface area contributed by atoms with E-state index < -0.39 is 11.9 Å². The van der Waals surface area contributed by atoms with Crippen LogP contribution >= 0.6 is 11.6 Å². The van der Waals surface area contributed by atoms with Gasteiger partial charge in [0, 0.05) is 17.6 Å². The third kappa shape index (κ3) is 4.81. The van der Waals surface area contributed by atoms with E-state index in [4.69, 9.17) is 16.3 Å². The van der Waals surface area contributed by atoms with Gasteiger partial charge in [-0.25, -0.2) is 4.79 Å². The van der Waals surface area contributed by atoms with Crippen molar-refractivity contribution in [1.82, 2.24) is 0 Å². The Hall–Kier alpha value is -2.86. The molecular weight excluding hydrogens is 344 g/mol. The molecular formula is C18H17ClN2O4. The van der Waals surface area contributed by atoms with Crippen molar-refractivity contribution in [1.29, 1.82) is 0 Å². The van der Waals surface area contributed by atoms with Crippen LogP contribution in [0.15, 0.2) is 48.5 Å². The average Bonchev–Trinajstić information content (AvgIpc) is 2.61. The third-order valence-electron chi connectivity index (χ3n) is 3.41. The fraction of sp³-hybridized carbons (Fsp3) is 0.167. The summed E-state index contributed by atoms with van der Waals surface area (Å²) in [6.45, 7) is 1.08. The van der Waals surface area contributed by atoms with Gasteiger partial charge in [0.05, 0.1) is 18.4 Å². The van der Waals surface area contributed by atoms with Crippen LogP contribution < -0.4 is 10.2 Å². The second-order valence-corrected chi connectivity index (χ2v) is 5.61. The number of hydrogen-bond donors (Lipinski definition) is 1. The van der Waals surface area contributed by atoms with Crippen LogP contribution in [-0.2, 0) is 14.3 Å². The highest BCUT2D eigenvalue weighted by atomic mass is 35.5. The molecule has 2 aromatic carbocycles. The number of hydrogen-bond acceptors (Lipinski definition) is 4. The molecule has 0 saturated heterocycles. The van der Waals surface area contributed by atoms with E-state index in [0.29, 0.717) is 16.4 Å². The van der Waals surface area contributed by atoms with Crippen LogP contribution in [0.5, 0.6) is 0 Å². The number of amides is 2. The number of methoxy groups -OCH3 is 1. The number of benzene rings is 2. The lowest BCUT2D eigenvalue weighted by molar-refractivity contribution is -0.120. The standard InChI is InChI=1S/C18H17ClN2O4/c1-12(22)21(16-6-4-3-5-15(16)18(24)25-2)11-17(23)20-14-9-7-13(19)8-10-14/h3-10H,11H2,1-2H3,(H,20,23). The molecule has 0 aliphatic carbocycles. The van der Waals surface area contributed by atoms with E-state index in [2.05, 4.69) is 5.32 Å². The molecule has 0 heterocycles. The van der Waals surface area contributed by atoms with Crippen molar-refractivity contribution in [3.05, 3.63) is 59.1 Å². The predicted octanol–water partition coefficient (Wildman–Crippen LogP) is 3.12. The molecule has 0 bridgehead atoms. The zero-order valence-electron chi connectivity index (χ0n) is 13.8. The zero-order valence-corrected chi connectivity index (χ0v) is 14.5. The fourth-order valence-electron chi connectivity index (χ4n) is 2.24. The van der Waals surface area contributed by atoms with Gasteiger partial charge in [0.25, 0.3) is 0 Å². The Balaban J connectivity index is 2.22. The average molecular weight is 361 g/mol. The molecule has 0 aromatic heterocycles. The fourth-order valence-corrected chi connectivity index (χ4v) is 2.36. The molecule has 0 aliphatic heterocycles. The summed E-state index contributed by atoms with van der Waals surface area (Å²) in [5, 5.41) is 3.23. The Morgan fingerprint density at radius 3 is 2.32 bits per heavy atom. The summed E-state index contributed by atoms with van der Waals surface area (Å²) in [5.74, 6) is -1.36. The van der Waals surface area contributed by atoms with E-state index >= 15 is 0 Å². The van der Waals surface area contributed by atoms with Crippen molar-refractivity contribution in [3.63, 3.8) is 0 Å². The van der Waals surface area contributed by atoms with E-state index in [1.165, 1.54) is 25.0 Å². The second-order valence-electron chi connectivity index (χ2n) is 5.17. The van der Waals surface area contributed by atoms with Crippen molar-refractivity contribution in [2.75, 3.05) is 23.9 Å². The molecule has 2 amide bonds. The Morgan fingerprint density at radius 2 is 1.72 bits per heavy atom. The van der Waals surface area contributed by atoms with Gasteiger partial charge in [-0.15, -0.1) is 0 Å². The first-order chi connectivity index (χ1) is 11.9. The van der Waals surface area contributed by atoms with Crippen LogP contribution in [-0.4, -0.2) is 31.4 Å². The highest BCUT2D eigenvalue weighted by molar-refractivity contribution is 6.30. The predicted molar refractivity (Wildman–Crippen MR) is 95.9 cm³/mol. The van der Waals surface area contributed by atoms with Crippen molar-refractivity contribution < 1.29 is 19.1 Å². The minimum Gasteiger partial charge on any atom is -0.465 e. The topological polar surface area (TPSA) is 75.7 Å². The molecule has 0 radical (unpaired) electrons. The van der Waals surface area contributed by atoms with Crippen molar-refractivity contribution in [3.8, 4) is 0 Å². The minimum atomic E-state index is -0.583. The summed E-state index contributed by atoms with van der Waals surface area (Å²) in [6.07, 6.45) is 0. The third-order valence-corrected chi connectivity index (χ3v) is 3.66. The maximum absolute atomic E-state index is 12.3. The lowest BCUT2D eigenvalue weighted by Gasteiger charge is -2.22. The summed E-state index contributed by atoms with van der Waals surface area (Å²) in [7, 11) is 1.25. The van der Waals surface area contributed by atoms with Gasteiger partial charge in [-0.3, -0.25) is 9.59 Å². The van der Waals surface area contributed by atoms with Gasteiger partial charge in [-0.05, 0) is 36.4 Å². The van der Waals surface area contributed by atoms with Gasteiger partial charge in [0.1, 0.15) is 6.54 Å². The van der Waals surface area contributed by atoms with Crippen molar-refractivity contribution in [2.45, 2.75) is 6.92 Å². The van der Waals surface area contributed by atoms with Crippen molar-refractivity contribution >= 4 is 40.8 Å². The number of carbonyl (C=O) groups is 3. The molecule has 0 spiro atoms.